The van der Waals surface area contributed by atoms with Gasteiger partial charge in [-0.2, -0.15) is 4.98 Å². The van der Waals surface area contributed by atoms with Crippen molar-refractivity contribution >= 4 is 17.1 Å². The lowest BCUT2D eigenvalue weighted by atomic mass is 9.80. The van der Waals surface area contributed by atoms with Crippen LogP contribution in [0.25, 0.3) is 11.2 Å². The number of nitrogens with zero attached hydrogens (tertiary/aromatic N) is 3. The van der Waals surface area contributed by atoms with Gasteiger partial charge in [-0.05, 0) is 32.6 Å². The maximum absolute atomic E-state index is 12.1. The van der Waals surface area contributed by atoms with Crippen molar-refractivity contribution in [2.75, 3.05) is 12.3 Å². The molecule has 2 aromatic heterocycles. The fourth-order valence-corrected chi connectivity index (χ4v) is 4.34. The van der Waals surface area contributed by atoms with Crippen LogP contribution in [0.1, 0.15) is 54.2 Å². The minimum atomic E-state index is -0.579. The minimum absolute atomic E-state index is 0.0173. The van der Waals surface area contributed by atoms with Crippen LogP contribution in [0.2, 0.25) is 0 Å². The van der Waals surface area contributed by atoms with Crippen LogP contribution in [0.15, 0.2) is 11.1 Å². The standard InChI is InChI=1S/C19H29N5O4/c1-17(2,3)7-19-8-26-11(12(19)27-18(4,5)6)15(28-19)24-9-21-10-13(24)22-16(20)23-14(10)25/h9,11-12,15H,7-8H2,1-6H3,(H3,20,22,23,25)/t11-,12+,15-,19+/m1/s1. The van der Waals surface area contributed by atoms with Gasteiger partial charge in [-0.1, -0.05) is 20.8 Å². The first-order valence-corrected chi connectivity index (χ1v) is 9.58. The normalized spacial score (nSPS) is 30.4. The molecule has 4 rings (SSSR count). The second-order valence-electron chi connectivity index (χ2n) is 10.0. The van der Waals surface area contributed by atoms with E-state index in [1.54, 1.807) is 10.9 Å². The second-order valence-corrected chi connectivity index (χ2v) is 10.0. The minimum Gasteiger partial charge on any atom is -0.369 e. The van der Waals surface area contributed by atoms with E-state index in [0.29, 0.717) is 12.3 Å². The molecule has 4 heterocycles. The van der Waals surface area contributed by atoms with Crippen LogP contribution in [0, 0.1) is 5.41 Å². The summed E-state index contributed by atoms with van der Waals surface area (Å²) in [6, 6.07) is 0. The van der Waals surface area contributed by atoms with E-state index in [1.165, 1.54) is 0 Å². The molecule has 2 aromatic rings. The summed E-state index contributed by atoms with van der Waals surface area (Å²) >= 11 is 0. The Hall–Kier alpha value is -1.97. The van der Waals surface area contributed by atoms with Crippen LogP contribution in [0.5, 0.6) is 0 Å². The summed E-state index contributed by atoms with van der Waals surface area (Å²) < 4.78 is 20.9. The largest absolute Gasteiger partial charge is 0.369 e. The summed E-state index contributed by atoms with van der Waals surface area (Å²) in [5, 5.41) is 0. The summed E-state index contributed by atoms with van der Waals surface area (Å²) in [6.07, 6.45) is 1.26. The van der Waals surface area contributed by atoms with Crippen molar-refractivity contribution in [2.24, 2.45) is 5.41 Å². The molecule has 4 atom stereocenters. The molecule has 154 valence electrons. The van der Waals surface area contributed by atoms with Gasteiger partial charge in [0, 0.05) is 0 Å². The van der Waals surface area contributed by atoms with E-state index in [0.717, 1.165) is 6.42 Å². The molecule has 0 aromatic carbocycles. The van der Waals surface area contributed by atoms with E-state index >= 15 is 0 Å². The summed E-state index contributed by atoms with van der Waals surface area (Å²) in [6.45, 7) is 13.1. The number of fused-ring (bicyclic) bond motifs is 3. The Balaban J connectivity index is 1.78. The first kappa shape index (κ1) is 19.4. The van der Waals surface area contributed by atoms with Crippen LogP contribution >= 0.6 is 0 Å². The lowest BCUT2D eigenvalue weighted by molar-refractivity contribution is -0.187. The fourth-order valence-electron chi connectivity index (χ4n) is 4.34. The SMILES string of the molecule is CC(C)(C)C[C@@]12CO[C@@H]([C@H](n3cnc4c(=O)[nH]c(N)nc43)O1)[C@@H]2OC(C)(C)C. The highest BCUT2D eigenvalue weighted by molar-refractivity contribution is 5.70. The zero-order chi connectivity index (χ0) is 20.5. The lowest BCUT2D eigenvalue weighted by Gasteiger charge is -2.38. The monoisotopic (exact) mass is 391 g/mol. The summed E-state index contributed by atoms with van der Waals surface area (Å²) in [5.41, 5.74) is 5.05. The van der Waals surface area contributed by atoms with Crippen molar-refractivity contribution in [2.45, 2.75) is 77.6 Å². The second kappa shape index (κ2) is 6.01. The Bertz CT molecular complexity index is 954. The Morgan fingerprint density at radius 1 is 1.36 bits per heavy atom. The molecule has 3 N–H and O–H groups in total. The number of imidazole rings is 1. The van der Waals surface area contributed by atoms with E-state index in [9.17, 15) is 4.79 Å². The van der Waals surface area contributed by atoms with E-state index in [1.807, 2.05) is 20.8 Å². The molecule has 2 fully saturated rings. The first-order valence-electron chi connectivity index (χ1n) is 9.58. The van der Waals surface area contributed by atoms with Gasteiger partial charge in [-0.25, -0.2) is 4.98 Å². The summed E-state index contributed by atoms with van der Waals surface area (Å²) in [5.74, 6) is 0.0372. The van der Waals surface area contributed by atoms with Gasteiger partial charge in [0.25, 0.3) is 5.56 Å². The average Bonchev–Trinajstić information content (AvgIpc) is 3.14. The number of aromatic amines is 1. The van der Waals surface area contributed by atoms with E-state index < -0.39 is 11.8 Å². The first-order chi connectivity index (χ1) is 12.9. The molecular weight excluding hydrogens is 362 g/mol. The molecule has 0 spiro atoms. The van der Waals surface area contributed by atoms with Gasteiger partial charge in [0.1, 0.15) is 17.8 Å². The van der Waals surface area contributed by atoms with Gasteiger partial charge in [-0.3, -0.25) is 14.3 Å². The number of aromatic nitrogens is 4. The molecule has 0 radical (unpaired) electrons. The number of anilines is 1. The maximum atomic E-state index is 12.1. The molecule has 0 amide bonds. The van der Waals surface area contributed by atoms with Crippen LogP contribution in [-0.4, -0.2) is 49.5 Å². The molecule has 2 aliphatic rings. The van der Waals surface area contributed by atoms with Crippen molar-refractivity contribution in [1.29, 1.82) is 0 Å². The predicted molar refractivity (Wildman–Crippen MR) is 104 cm³/mol. The molecule has 0 aliphatic carbocycles. The zero-order valence-corrected chi connectivity index (χ0v) is 17.3. The molecule has 0 saturated carbocycles. The molecule has 28 heavy (non-hydrogen) atoms. The van der Waals surface area contributed by atoms with Crippen molar-refractivity contribution in [3.05, 3.63) is 16.7 Å². The van der Waals surface area contributed by atoms with Crippen LogP contribution < -0.4 is 11.3 Å². The number of nitrogen functional groups attached to an aromatic ring is 1. The number of hydrogen-bond donors (Lipinski definition) is 2. The Kier molecular flexibility index (Phi) is 4.16. The van der Waals surface area contributed by atoms with Crippen molar-refractivity contribution < 1.29 is 14.2 Å². The summed E-state index contributed by atoms with van der Waals surface area (Å²) in [7, 11) is 0. The van der Waals surface area contributed by atoms with Gasteiger partial charge in [0.15, 0.2) is 17.4 Å². The van der Waals surface area contributed by atoms with E-state index in [-0.39, 0.29) is 40.2 Å². The summed E-state index contributed by atoms with van der Waals surface area (Å²) in [4.78, 5) is 23.1. The topological polar surface area (TPSA) is 117 Å². The van der Waals surface area contributed by atoms with Crippen molar-refractivity contribution in [3.63, 3.8) is 0 Å². The number of nitrogens with one attached hydrogen (secondary N) is 1. The van der Waals surface area contributed by atoms with Gasteiger partial charge >= 0.3 is 0 Å². The Labute approximate surface area is 163 Å². The highest BCUT2D eigenvalue weighted by Gasteiger charge is 2.64. The molecule has 2 saturated heterocycles. The third-order valence-corrected chi connectivity index (χ3v) is 5.01. The highest BCUT2D eigenvalue weighted by atomic mass is 16.7. The van der Waals surface area contributed by atoms with Crippen LogP contribution in [0.4, 0.5) is 5.95 Å². The number of hydrogen-bond acceptors (Lipinski definition) is 7. The highest BCUT2D eigenvalue weighted by Crippen LogP contribution is 2.52. The number of H-pyrrole nitrogens is 1. The Morgan fingerprint density at radius 2 is 2.07 bits per heavy atom. The van der Waals surface area contributed by atoms with Gasteiger partial charge in [0.05, 0.1) is 18.5 Å². The zero-order valence-electron chi connectivity index (χ0n) is 17.3. The Morgan fingerprint density at radius 3 is 2.71 bits per heavy atom. The van der Waals surface area contributed by atoms with Crippen LogP contribution in [-0.2, 0) is 14.2 Å². The van der Waals surface area contributed by atoms with Gasteiger partial charge in [0.2, 0.25) is 5.95 Å². The molecule has 0 unspecified atom stereocenters. The quantitative estimate of drug-likeness (QED) is 0.821. The van der Waals surface area contributed by atoms with Crippen molar-refractivity contribution in [3.8, 4) is 0 Å². The number of rotatable bonds is 3. The smallest absolute Gasteiger partial charge is 0.280 e. The van der Waals surface area contributed by atoms with E-state index in [2.05, 4.69) is 35.7 Å². The third kappa shape index (κ3) is 3.21. The van der Waals surface area contributed by atoms with Gasteiger partial charge in [-0.15, -0.1) is 0 Å². The maximum Gasteiger partial charge on any atom is 0.280 e. The van der Waals surface area contributed by atoms with Crippen LogP contribution in [0.3, 0.4) is 0 Å². The predicted octanol–water partition coefficient (Wildman–Crippen LogP) is 1.99. The molecule has 2 aliphatic heterocycles. The number of nitrogens with two attached hydrogens (primary N) is 1. The lowest BCUT2D eigenvalue weighted by Crippen LogP contribution is -2.47. The molecule has 9 nitrogen and oxygen atoms in total. The molecular formula is C19H29N5O4. The van der Waals surface area contributed by atoms with Gasteiger partial charge < -0.3 is 19.9 Å². The number of ether oxygens (including phenoxy) is 3. The molecule has 2 bridgehead atoms. The molecule has 9 heteroatoms. The fraction of sp³-hybridized carbons (Fsp3) is 0.737. The average molecular weight is 391 g/mol. The van der Waals surface area contributed by atoms with Crippen molar-refractivity contribution in [1.82, 2.24) is 19.5 Å². The third-order valence-electron chi connectivity index (χ3n) is 5.01. The van der Waals surface area contributed by atoms with E-state index in [4.69, 9.17) is 19.9 Å².